The summed E-state index contributed by atoms with van der Waals surface area (Å²) in [4.78, 5) is 16.1. The molecule has 1 saturated heterocycles. The molecule has 1 atom stereocenters. The van der Waals surface area contributed by atoms with Gasteiger partial charge in [0.25, 0.3) is 0 Å². The van der Waals surface area contributed by atoms with E-state index in [9.17, 15) is 26.4 Å². The molecule has 1 fully saturated rings. The monoisotopic (exact) mass is 464 g/mol. The molecule has 2 amide bonds. The smallest absolute Gasteiger partial charge is 0.337 e. The van der Waals surface area contributed by atoms with Gasteiger partial charge in [0, 0.05) is 36.8 Å². The van der Waals surface area contributed by atoms with E-state index in [1.54, 1.807) is 6.92 Å². The van der Waals surface area contributed by atoms with Crippen molar-refractivity contribution in [3.8, 4) is 0 Å². The van der Waals surface area contributed by atoms with Gasteiger partial charge >= 0.3 is 12.2 Å². The van der Waals surface area contributed by atoms with E-state index in [-0.39, 0.29) is 50.0 Å². The molecule has 7 nitrogen and oxygen atoms in total. The number of amides is 2. The van der Waals surface area contributed by atoms with Crippen molar-refractivity contribution in [1.82, 2.24) is 19.9 Å². The van der Waals surface area contributed by atoms with Crippen molar-refractivity contribution in [3.05, 3.63) is 29.6 Å². The second-order valence-electron chi connectivity index (χ2n) is 8.04. The van der Waals surface area contributed by atoms with Gasteiger partial charge < -0.3 is 10.6 Å². The molecule has 1 unspecified atom stereocenters. The van der Waals surface area contributed by atoms with Crippen molar-refractivity contribution < 1.29 is 26.4 Å². The number of pyridine rings is 1. The zero-order valence-corrected chi connectivity index (χ0v) is 18.9. The predicted octanol–water partition coefficient (Wildman–Crippen LogP) is 3.27. The van der Waals surface area contributed by atoms with Gasteiger partial charge in [-0.15, -0.1) is 0 Å². The average Bonchev–Trinajstić information content (AvgIpc) is 2.72. The van der Waals surface area contributed by atoms with Gasteiger partial charge in [0.15, 0.2) is 0 Å². The van der Waals surface area contributed by atoms with Crippen LogP contribution in [0, 0.1) is 0 Å². The maximum Gasteiger partial charge on any atom is 0.433 e. The number of alkyl halides is 3. The van der Waals surface area contributed by atoms with Crippen LogP contribution in [0.1, 0.15) is 57.8 Å². The summed E-state index contributed by atoms with van der Waals surface area (Å²) in [6.07, 6.45) is -2.86. The molecule has 0 aliphatic carbocycles. The fourth-order valence-corrected chi connectivity index (χ4v) is 5.13. The molecule has 1 aromatic heterocycles. The van der Waals surface area contributed by atoms with Gasteiger partial charge in [-0.2, -0.15) is 13.2 Å². The average molecular weight is 465 g/mol. The summed E-state index contributed by atoms with van der Waals surface area (Å²) < 4.78 is 65.9. The van der Waals surface area contributed by atoms with E-state index in [0.29, 0.717) is 6.42 Å². The fraction of sp³-hybridized carbons (Fsp3) is 0.700. The second kappa shape index (κ2) is 10.2. The molecule has 176 valence electrons. The minimum atomic E-state index is -4.59. The van der Waals surface area contributed by atoms with E-state index in [0.717, 1.165) is 12.5 Å². The Hall–Kier alpha value is -1.88. The van der Waals surface area contributed by atoms with Gasteiger partial charge in [-0.1, -0.05) is 19.9 Å². The number of urea groups is 1. The molecule has 0 radical (unpaired) electrons. The molecule has 1 aromatic rings. The number of rotatable bonds is 8. The number of nitrogens with one attached hydrogen (secondary N) is 2. The van der Waals surface area contributed by atoms with Crippen molar-refractivity contribution in [2.75, 3.05) is 25.4 Å². The molecule has 1 aliphatic rings. The number of carbonyl (C=O) groups excluding carboxylic acids is 1. The summed E-state index contributed by atoms with van der Waals surface area (Å²) in [5.74, 6) is 0.0252. The summed E-state index contributed by atoms with van der Waals surface area (Å²) in [5.41, 5.74) is -1.69. The largest absolute Gasteiger partial charge is 0.433 e. The van der Waals surface area contributed by atoms with Crippen LogP contribution in [0.3, 0.4) is 0 Å². The van der Waals surface area contributed by atoms with Gasteiger partial charge in [-0.05, 0) is 44.7 Å². The van der Waals surface area contributed by atoms with E-state index in [2.05, 4.69) is 15.6 Å². The molecule has 31 heavy (non-hydrogen) atoms. The number of hydrogen-bond donors (Lipinski definition) is 2. The fourth-order valence-electron chi connectivity index (χ4n) is 3.62. The second-order valence-corrected chi connectivity index (χ2v) is 10.1. The lowest BCUT2D eigenvalue weighted by Gasteiger charge is -2.41. The van der Waals surface area contributed by atoms with Gasteiger partial charge in [-0.25, -0.2) is 22.5 Å². The molecule has 0 saturated carbocycles. The third kappa shape index (κ3) is 6.55. The van der Waals surface area contributed by atoms with E-state index in [4.69, 9.17) is 0 Å². The first-order chi connectivity index (χ1) is 14.4. The maximum absolute atomic E-state index is 13.2. The van der Waals surface area contributed by atoms with Crippen LogP contribution in [-0.4, -0.2) is 55.2 Å². The maximum atomic E-state index is 13.2. The van der Waals surface area contributed by atoms with Gasteiger partial charge in [0.1, 0.15) is 5.69 Å². The van der Waals surface area contributed by atoms with E-state index < -0.39 is 33.3 Å². The molecule has 2 N–H and O–H groups in total. The van der Waals surface area contributed by atoms with Crippen LogP contribution in [0.4, 0.5) is 18.0 Å². The zero-order valence-electron chi connectivity index (χ0n) is 18.1. The minimum Gasteiger partial charge on any atom is -0.337 e. The Balaban J connectivity index is 2.28. The number of halogens is 3. The predicted molar refractivity (Wildman–Crippen MR) is 112 cm³/mol. The Labute approximate surface area is 181 Å². The Bertz CT molecular complexity index is 853. The SMILES string of the molecule is CCCS(=O)(=O)N1CCC(CNC(=O)NC(C)CC)(c2cccc(C(F)(F)F)n2)CC1. The summed E-state index contributed by atoms with van der Waals surface area (Å²) in [6, 6.07) is 3.25. The molecule has 0 bridgehead atoms. The quantitative estimate of drug-likeness (QED) is 0.618. The number of carbonyl (C=O) groups is 1. The summed E-state index contributed by atoms with van der Waals surface area (Å²) >= 11 is 0. The van der Waals surface area contributed by atoms with Gasteiger partial charge in [-0.3, -0.25) is 0 Å². The number of sulfonamides is 1. The van der Waals surface area contributed by atoms with Gasteiger partial charge in [0.2, 0.25) is 10.0 Å². The highest BCUT2D eigenvalue weighted by Crippen LogP contribution is 2.37. The van der Waals surface area contributed by atoms with Crippen molar-refractivity contribution in [2.45, 2.75) is 64.1 Å². The highest BCUT2D eigenvalue weighted by molar-refractivity contribution is 7.89. The first kappa shape index (κ1) is 25.4. The van der Waals surface area contributed by atoms with Crippen molar-refractivity contribution in [2.24, 2.45) is 0 Å². The zero-order chi connectivity index (χ0) is 23.3. The lowest BCUT2D eigenvalue weighted by Crippen LogP contribution is -2.52. The Morgan fingerprint density at radius 1 is 1.26 bits per heavy atom. The summed E-state index contributed by atoms with van der Waals surface area (Å²) in [6.45, 7) is 5.93. The summed E-state index contributed by atoms with van der Waals surface area (Å²) in [7, 11) is -3.41. The van der Waals surface area contributed by atoms with E-state index in [1.807, 2.05) is 13.8 Å². The highest BCUT2D eigenvalue weighted by Gasteiger charge is 2.42. The third-order valence-electron chi connectivity index (χ3n) is 5.70. The molecular formula is C20H31F3N4O3S. The number of hydrogen-bond acceptors (Lipinski definition) is 4. The number of aromatic nitrogens is 1. The molecule has 11 heteroatoms. The number of nitrogens with zero attached hydrogens (tertiary/aromatic N) is 2. The highest BCUT2D eigenvalue weighted by atomic mass is 32.2. The Kier molecular flexibility index (Phi) is 8.32. The van der Waals surface area contributed by atoms with Crippen LogP contribution in [0.25, 0.3) is 0 Å². The third-order valence-corrected chi connectivity index (χ3v) is 7.77. The van der Waals surface area contributed by atoms with Crippen molar-refractivity contribution in [3.63, 3.8) is 0 Å². The minimum absolute atomic E-state index is 0.0252. The Morgan fingerprint density at radius 3 is 2.45 bits per heavy atom. The number of piperidine rings is 1. The van der Waals surface area contributed by atoms with Crippen LogP contribution in [-0.2, 0) is 21.6 Å². The first-order valence-corrected chi connectivity index (χ1v) is 12.1. The lowest BCUT2D eigenvalue weighted by molar-refractivity contribution is -0.141. The van der Waals surface area contributed by atoms with Crippen molar-refractivity contribution in [1.29, 1.82) is 0 Å². The molecule has 2 rings (SSSR count). The van der Waals surface area contributed by atoms with E-state index >= 15 is 0 Å². The summed E-state index contributed by atoms with van der Waals surface area (Å²) in [5, 5.41) is 5.52. The van der Waals surface area contributed by atoms with Crippen LogP contribution in [0.2, 0.25) is 0 Å². The molecule has 0 aromatic carbocycles. The molecule has 2 heterocycles. The normalized spacial score (nSPS) is 18.4. The topological polar surface area (TPSA) is 91.4 Å². The first-order valence-electron chi connectivity index (χ1n) is 10.5. The standard InChI is InChI=1S/C20H31F3N4O3S/c1-4-13-31(29,30)27-11-9-19(10-12-27,14-24-18(28)25-15(3)5-2)16-7-6-8-17(26-16)20(21,22)23/h6-8,15H,4-5,9-14H2,1-3H3,(H2,24,25,28). The molecule has 1 aliphatic heterocycles. The van der Waals surface area contributed by atoms with Gasteiger partial charge in [0.05, 0.1) is 5.75 Å². The molecular weight excluding hydrogens is 433 g/mol. The van der Waals surface area contributed by atoms with Crippen LogP contribution >= 0.6 is 0 Å². The molecule has 0 spiro atoms. The van der Waals surface area contributed by atoms with Crippen LogP contribution < -0.4 is 10.6 Å². The van der Waals surface area contributed by atoms with Crippen LogP contribution in [0.5, 0.6) is 0 Å². The Morgan fingerprint density at radius 2 is 1.90 bits per heavy atom. The van der Waals surface area contributed by atoms with E-state index in [1.165, 1.54) is 16.4 Å². The lowest BCUT2D eigenvalue weighted by atomic mass is 9.75. The van der Waals surface area contributed by atoms with Crippen molar-refractivity contribution >= 4 is 16.1 Å². The van der Waals surface area contributed by atoms with Crippen LogP contribution in [0.15, 0.2) is 18.2 Å².